The number of halogens is 3. The highest BCUT2D eigenvalue weighted by atomic mass is 35.5. The van der Waals surface area contributed by atoms with E-state index in [2.05, 4.69) is 0 Å². The summed E-state index contributed by atoms with van der Waals surface area (Å²) in [5, 5.41) is -0.786. The zero-order valence-corrected chi connectivity index (χ0v) is 6.95. The third-order valence-electron chi connectivity index (χ3n) is 1.55. The fourth-order valence-electron chi connectivity index (χ4n) is 0.865. The molecule has 0 aliphatic carbocycles. The van der Waals surface area contributed by atoms with Gasteiger partial charge in [0.2, 0.25) is 0 Å². The second-order valence-electron chi connectivity index (χ2n) is 2.31. The van der Waals surface area contributed by atoms with Gasteiger partial charge in [-0.2, -0.15) is 0 Å². The fourth-order valence-corrected chi connectivity index (χ4v) is 1.07. The molecule has 4 heteroatoms. The highest BCUT2D eigenvalue weighted by molar-refractivity contribution is 6.67. The zero-order valence-electron chi connectivity index (χ0n) is 6.20. The number of carbonyl (C=O) groups is 1. The third-order valence-corrected chi connectivity index (χ3v) is 1.75. The van der Waals surface area contributed by atoms with E-state index in [0.29, 0.717) is 0 Å². The summed E-state index contributed by atoms with van der Waals surface area (Å²) < 4.78 is 25.3. The third kappa shape index (κ3) is 1.46. The van der Waals surface area contributed by atoms with Gasteiger partial charge in [-0.05, 0) is 36.2 Å². The molecule has 0 spiro atoms. The second kappa shape index (κ2) is 3.19. The molecule has 1 aromatic carbocycles. The van der Waals surface area contributed by atoms with Gasteiger partial charge in [-0.15, -0.1) is 0 Å². The van der Waals surface area contributed by atoms with Crippen LogP contribution in [0.25, 0.3) is 0 Å². The van der Waals surface area contributed by atoms with E-state index in [4.69, 9.17) is 11.6 Å². The van der Waals surface area contributed by atoms with Crippen molar-refractivity contribution in [1.29, 1.82) is 0 Å². The van der Waals surface area contributed by atoms with Gasteiger partial charge >= 0.3 is 0 Å². The van der Waals surface area contributed by atoms with Crippen LogP contribution in [0, 0.1) is 18.6 Å². The first-order valence-electron chi connectivity index (χ1n) is 3.18. The Morgan fingerprint density at radius 2 is 2.00 bits per heavy atom. The van der Waals surface area contributed by atoms with Crippen molar-refractivity contribution >= 4 is 16.8 Å². The van der Waals surface area contributed by atoms with Gasteiger partial charge in [-0.1, -0.05) is 0 Å². The fraction of sp³-hybridized carbons (Fsp3) is 0.125. The first kappa shape index (κ1) is 9.13. The largest absolute Gasteiger partial charge is 0.276 e. The summed E-state index contributed by atoms with van der Waals surface area (Å²) in [7, 11) is 0. The van der Waals surface area contributed by atoms with Crippen LogP contribution in [0.2, 0.25) is 0 Å². The van der Waals surface area contributed by atoms with Gasteiger partial charge in [0, 0.05) is 5.56 Å². The summed E-state index contributed by atoms with van der Waals surface area (Å²) >= 11 is 5.10. The normalized spacial score (nSPS) is 10.0. The first-order chi connectivity index (χ1) is 5.54. The molecule has 0 aliphatic heterocycles. The van der Waals surface area contributed by atoms with E-state index in [1.165, 1.54) is 6.92 Å². The molecule has 0 saturated heterocycles. The predicted octanol–water partition coefficient (Wildman–Crippen LogP) is 2.65. The predicted molar refractivity (Wildman–Crippen MR) is 41.3 cm³/mol. The molecule has 0 atom stereocenters. The van der Waals surface area contributed by atoms with Crippen molar-refractivity contribution in [3.63, 3.8) is 0 Å². The Morgan fingerprint density at radius 1 is 1.42 bits per heavy atom. The molecule has 0 heterocycles. The molecule has 1 aromatic rings. The number of hydrogen-bond acceptors (Lipinski definition) is 1. The number of rotatable bonds is 1. The first-order valence-corrected chi connectivity index (χ1v) is 3.56. The highest BCUT2D eigenvalue weighted by Gasteiger charge is 2.12. The smallest absolute Gasteiger partial charge is 0.252 e. The van der Waals surface area contributed by atoms with Gasteiger partial charge in [-0.25, -0.2) is 8.78 Å². The van der Waals surface area contributed by atoms with Crippen LogP contribution >= 0.6 is 11.6 Å². The Kier molecular flexibility index (Phi) is 2.43. The van der Waals surface area contributed by atoms with Crippen LogP contribution in [-0.4, -0.2) is 5.24 Å². The van der Waals surface area contributed by atoms with Gasteiger partial charge in [-0.3, -0.25) is 4.79 Å². The zero-order chi connectivity index (χ0) is 9.30. The quantitative estimate of drug-likeness (QED) is 0.623. The van der Waals surface area contributed by atoms with Gasteiger partial charge in [0.1, 0.15) is 0 Å². The van der Waals surface area contributed by atoms with E-state index in [9.17, 15) is 13.6 Å². The highest BCUT2D eigenvalue weighted by Crippen LogP contribution is 2.17. The summed E-state index contributed by atoms with van der Waals surface area (Å²) in [6.45, 7) is 1.30. The Labute approximate surface area is 73.0 Å². The SMILES string of the molecule is Cc1c(C(=O)Cl)ccc(F)c1F. The molecule has 0 unspecified atom stereocenters. The molecule has 0 aliphatic rings. The minimum Gasteiger partial charge on any atom is -0.276 e. The molecule has 0 fully saturated rings. The van der Waals surface area contributed by atoms with E-state index in [0.717, 1.165) is 12.1 Å². The summed E-state index contributed by atoms with van der Waals surface area (Å²) in [5.41, 5.74) is -0.0643. The van der Waals surface area contributed by atoms with Crippen molar-refractivity contribution in [3.8, 4) is 0 Å². The molecule has 0 aromatic heterocycles. The Hall–Kier alpha value is -0.960. The standard InChI is InChI=1S/C8H5ClF2O/c1-4-5(8(9)12)2-3-6(10)7(4)11/h2-3H,1H3. The summed E-state index contributed by atoms with van der Waals surface area (Å²) in [6, 6.07) is 2.03. The van der Waals surface area contributed by atoms with E-state index >= 15 is 0 Å². The number of benzene rings is 1. The van der Waals surface area contributed by atoms with Crippen molar-refractivity contribution in [2.75, 3.05) is 0 Å². The Morgan fingerprint density at radius 3 is 2.50 bits per heavy atom. The van der Waals surface area contributed by atoms with E-state index in [1.807, 2.05) is 0 Å². The van der Waals surface area contributed by atoms with Crippen molar-refractivity contribution in [2.45, 2.75) is 6.92 Å². The lowest BCUT2D eigenvalue weighted by atomic mass is 10.1. The topological polar surface area (TPSA) is 17.1 Å². The van der Waals surface area contributed by atoms with Gasteiger partial charge in [0.25, 0.3) is 5.24 Å². The lowest BCUT2D eigenvalue weighted by Gasteiger charge is -2.01. The van der Waals surface area contributed by atoms with E-state index < -0.39 is 16.9 Å². The number of hydrogen-bond donors (Lipinski definition) is 0. The minimum absolute atomic E-state index is 0.00410. The van der Waals surface area contributed by atoms with Crippen LogP contribution < -0.4 is 0 Å². The van der Waals surface area contributed by atoms with Crippen molar-refractivity contribution < 1.29 is 13.6 Å². The van der Waals surface area contributed by atoms with Crippen LogP contribution in [0.5, 0.6) is 0 Å². The molecule has 12 heavy (non-hydrogen) atoms. The molecule has 0 amide bonds. The monoisotopic (exact) mass is 190 g/mol. The second-order valence-corrected chi connectivity index (χ2v) is 2.65. The van der Waals surface area contributed by atoms with Gasteiger partial charge in [0.05, 0.1) is 0 Å². The van der Waals surface area contributed by atoms with Crippen LogP contribution in [0.15, 0.2) is 12.1 Å². The maximum absolute atomic E-state index is 12.8. The van der Waals surface area contributed by atoms with Crippen molar-refractivity contribution in [1.82, 2.24) is 0 Å². The molecule has 0 N–H and O–H groups in total. The Bertz CT molecular complexity index is 336. The van der Waals surface area contributed by atoms with E-state index in [-0.39, 0.29) is 11.1 Å². The lowest BCUT2D eigenvalue weighted by molar-refractivity contribution is 0.108. The van der Waals surface area contributed by atoms with Crippen molar-refractivity contribution in [3.05, 3.63) is 34.9 Å². The molecule has 0 saturated carbocycles. The Balaban J connectivity index is 3.36. The van der Waals surface area contributed by atoms with Crippen LogP contribution in [-0.2, 0) is 0 Å². The van der Waals surface area contributed by atoms with E-state index in [1.54, 1.807) is 0 Å². The number of carbonyl (C=O) groups excluding carboxylic acids is 1. The maximum atomic E-state index is 12.8. The van der Waals surface area contributed by atoms with Crippen LogP contribution in [0.1, 0.15) is 15.9 Å². The average molecular weight is 191 g/mol. The maximum Gasteiger partial charge on any atom is 0.252 e. The van der Waals surface area contributed by atoms with Crippen molar-refractivity contribution in [2.24, 2.45) is 0 Å². The molecule has 0 bridgehead atoms. The van der Waals surface area contributed by atoms with Crippen LogP contribution in [0.4, 0.5) is 8.78 Å². The molecule has 64 valence electrons. The molecular weight excluding hydrogens is 186 g/mol. The molecular formula is C8H5ClF2O. The van der Waals surface area contributed by atoms with Crippen LogP contribution in [0.3, 0.4) is 0 Å². The lowest BCUT2D eigenvalue weighted by Crippen LogP contribution is -1.98. The molecule has 1 nitrogen and oxygen atoms in total. The summed E-state index contributed by atoms with van der Waals surface area (Å²) in [6.07, 6.45) is 0. The average Bonchev–Trinajstić information content (AvgIpc) is 2.00. The summed E-state index contributed by atoms with van der Waals surface area (Å²) in [4.78, 5) is 10.6. The molecule has 1 rings (SSSR count). The molecule has 0 radical (unpaired) electrons. The minimum atomic E-state index is -1.03. The van der Waals surface area contributed by atoms with Gasteiger partial charge in [0.15, 0.2) is 11.6 Å². The van der Waals surface area contributed by atoms with Gasteiger partial charge < -0.3 is 0 Å². The summed E-state index contributed by atoms with van der Waals surface area (Å²) in [5.74, 6) is -2.00.